The van der Waals surface area contributed by atoms with Crippen LogP contribution in [0.1, 0.15) is 24.1 Å². The summed E-state index contributed by atoms with van der Waals surface area (Å²) in [6.07, 6.45) is 3.25. The third-order valence-corrected chi connectivity index (χ3v) is 6.33. The van der Waals surface area contributed by atoms with E-state index >= 15 is 0 Å². The molecular weight excluding hydrogens is 448 g/mol. The Morgan fingerprint density at radius 2 is 1.91 bits per heavy atom. The Bertz CT molecular complexity index is 1340. The Balaban J connectivity index is 1.49. The molecule has 3 heterocycles. The molecule has 0 aliphatic carbocycles. The third-order valence-electron chi connectivity index (χ3n) is 5.42. The van der Waals surface area contributed by atoms with E-state index in [-0.39, 0.29) is 11.7 Å². The Kier molecular flexibility index (Phi) is 6.01. The van der Waals surface area contributed by atoms with Crippen LogP contribution in [-0.4, -0.2) is 30.8 Å². The van der Waals surface area contributed by atoms with Gasteiger partial charge in [-0.1, -0.05) is 54.2 Å². The molecule has 9 heteroatoms. The first-order valence-corrected chi connectivity index (χ1v) is 11.7. The number of amides is 1. The molecule has 3 N–H and O–H groups in total. The second-order valence-corrected chi connectivity index (χ2v) is 8.73. The molecule has 0 saturated carbocycles. The second kappa shape index (κ2) is 9.40. The van der Waals surface area contributed by atoms with Gasteiger partial charge in [0.25, 0.3) is 5.91 Å². The molecule has 0 spiro atoms. The lowest BCUT2D eigenvalue weighted by Gasteiger charge is -2.28. The molecule has 34 heavy (non-hydrogen) atoms. The van der Waals surface area contributed by atoms with Crippen molar-refractivity contribution in [1.82, 2.24) is 19.7 Å². The van der Waals surface area contributed by atoms with Gasteiger partial charge in [-0.3, -0.25) is 9.78 Å². The number of carbonyl (C=O) groups excluding carboxylic acids is 1. The first-order valence-electron chi connectivity index (χ1n) is 10.7. The van der Waals surface area contributed by atoms with Crippen LogP contribution >= 0.6 is 11.8 Å². The minimum absolute atomic E-state index is 0.151. The lowest BCUT2D eigenvalue weighted by Crippen LogP contribution is -2.31. The first kappa shape index (κ1) is 21.7. The fraction of sp³-hybridized carbons (Fsp3) is 0.120. The number of phenols is 1. The highest BCUT2D eigenvalue weighted by molar-refractivity contribution is 7.98. The minimum atomic E-state index is -0.521. The van der Waals surface area contributed by atoms with E-state index < -0.39 is 6.04 Å². The van der Waals surface area contributed by atoms with E-state index in [1.54, 1.807) is 53.5 Å². The SMILES string of the molecule is CC1=C(C(=O)Nc2cccnc2)[C@H](c2ccc(O)cc2)n2nc(SCc3ccccc3)nc2N1. The van der Waals surface area contributed by atoms with Crippen molar-refractivity contribution in [2.24, 2.45) is 0 Å². The standard InChI is InChI=1S/C25H22N6O2S/c1-16-21(23(33)28-19-8-5-13-26-14-19)22(18-9-11-20(32)12-10-18)31-24(27-16)29-25(30-31)34-15-17-6-3-2-4-7-17/h2-14,22,32H,15H2,1H3,(H,28,33)(H,27,29,30)/t22-/m0/s1. The summed E-state index contributed by atoms with van der Waals surface area (Å²) in [6, 6.07) is 19.9. The number of aromatic hydroxyl groups is 1. The summed E-state index contributed by atoms with van der Waals surface area (Å²) in [7, 11) is 0. The van der Waals surface area contributed by atoms with Gasteiger partial charge in [-0.2, -0.15) is 4.98 Å². The maximum atomic E-state index is 13.4. The van der Waals surface area contributed by atoms with Crippen LogP contribution < -0.4 is 10.6 Å². The van der Waals surface area contributed by atoms with Gasteiger partial charge >= 0.3 is 0 Å². The van der Waals surface area contributed by atoms with Crippen molar-refractivity contribution < 1.29 is 9.90 Å². The van der Waals surface area contributed by atoms with Gasteiger partial charge in [0, 0.05) is 17.6 Å². The molecule has 0 bridgehead atoms. The minimum Gasteiger partial charge on any atom is -0.508 e. The van der Waals surface area contributed by atoms with Crippen molar-refractivity contribution in [3.8, 4) is 5.75 Å². The van der Waals surface area contributed by atoms with Crippen LogP contribution in [0.3, 0.4) is 0 Å². The Labute approximate surface area is 200 Å². The van der Waals surface area contributed by atoms with Crippen molar-refractivity contribution >= 4 is 29.3 Å². The van der Waals surface area contributed by atoms with Crippen molar-refractivity contribution in [1.29, 1.82) is 0 Å². The van der Waals surface area contributed by atoms with Crippen LogP contribution in [0, 0.1) is 0 Å². The van der Waals surface area contributed by atoms with Crippen molar-refractivity contribution in [3.63, 3.8) is 0 Å². The summed E-state index contributed by atoms with van der Waals surface area (Å²) in [6.45, 7) is 1.85. The number of nitrogens with one attached hydrogen (secondary N) is 2. The molecule has 8 nitrogen and oxygen atoms in total. The fourth-order valence-electron chi connectivity index (χ4n) is 3.81. The Hall–Kier alpha value is -4.11. The van der Waals surface area contributed by atoms with Crippen LogP contribution in [0.25, 0.3) is 0 Å². The number of rotatable bonds is 6. The molecule has 2 aromatic carbocycles. The number of carbonyl (C=O) groups is 1. The number of anilines is 2. The predicted octanol–water partition coefficient (Wildman–Crippen LogP) is 4.60. The monoisotopic (exact) mass is 470 g/mol. The van der Waals surface area contributed by atoms with Gasteiger partial charge in [0.15, 0.2) is 0 Å². The summed E-state index contributed by atoms with van der Waals surface area (Å²) in [5.41, 5.74) is 3.76. The lowest BCUT2D eigenvalue weighted by molar-refractivity contribution is -0.113. The van der Waals surface area contributed by atoms with Crippen molar-refractivity contribution in [2.75, 3.05) is 10.6 Å². The smallest absolute Gasteiger partial charge is 0.255 e. The van der Waals surface area contributed by atoms with E-state index in [0.29, 0.717) is 28.1 Å². The average molecular weight is 471 g/mol. The van der Waals surface area contributed by atoms with Crippen LogP contribution in [0.15, 0.2) is 95.6 Å². The van der Waals surface area contributed by atoms with Crippen LogP contribution in [0.4, 0.5) is 11.6 Å². The Morgan fingerprint density at radius 1 is 1.12 bits per heavy atom. The molecule has 0 saturated heterocycles. The predicted molar refractivity (Wildman–Crippen MR) is 131 cm³/mol. The molecule has 2 aromatic heterocycles. The lowest BCUT2D eigenvalue weighted by atomic mass is 9.95. The highest BCUT2D eigenvalue weighted by Crippen LogP contribution is 2.37. The van der Waals surface area contributed by atoms with Gasteiger partial charge < -0.3 is 15.7 Å². The van der Waals surface area contributed by atoms with Crippen molar-refractivity contribution in [3.05, 3.63) is 102 Å². The van der Waals surface area contributed by atoms with Gasteiger partial charge in [0.2, 0.25) is 11.1 Å². The number of hydrogen-bond acceptors (Lipinski definition) is 7. The van der Waals surface area contributed by atoms with Crippen LogP contribution in [0.5, 0.6) is 5.75 Å². The molecule has 0 fully saturated rings. The van der Waals surface area contributed by atoms with Crippen molar-refractivity contribution in [2.45, 2.75) is 23.9 Å². The summed E-state index contributed by atoms with van der Waals surface area (Å²) in [4.78, 5) is 22.1. The molecule has 1 aliphatic rings. The van der Waals surface area contributed by atoms with Crippen LogP contribution in [0.2, 0.25) is 0 Å². The van der Waals surface area contributed by atoms with Crippen LogP contribution in [-0.2, 0) is 10.5 Å². The number of phenolic OH excluding ortho intramolecular Hbond substituents is 1. The average Bonchev–Trinajstić information content (AvgIpc) is 3.26. The summed E-state index contributed by atoms with van der Waals surface area (Å²) in [5.74, 6) is 1.17. The van der Waals surface area contributed by atoms with E-state index in [9.17, 15) is 9.90 Å². The van der Waals surface area contributed by atoms with E-state index in [0.717, 1.165) is 11.3 Å². The van der Waals surface area contributed by atoms with E-state index in [4.69, 9.17) is 5.10 Å². The molecule has 1 atom stereocenters. The van der Waals surface area contributed by atoms with Gasteiger partial charge in [0.05, 0.1) is 17.5 Å². The number of fused-ring (bicyclic) bond motifs is 1. The summed E-state index contributed by atoms with van der Waals surface area (Å²) < 4.78 is 1.73. The van der Waals surface area contributed by atoms with Gasteiger partial charge in [-0.25, -0.2) is 4.68 Å². The third kappa shape index (κ3) is 4.51. The zero-order chi connectivity index (χ0) is 23.5. The topological polar surface area (TPSA) is 105 Å². The molecule has 0 unspecified atom stereocenters. The highest BCUT2D eigenvalue weighted by atomic mass is 32.2. The van der Waals surface area contributed by atoms with Gasteiger partial charge in [-0.05, 0) is 42.3 Å². The zero-order valence-corrected chi connectivity index (χ0v) is 19.2. The summed E-state index contributed by atoms with van der Waals surface area (Å²) in [5, 5.41) is 21.3. The molecule has 1 amide bonds. The van der Waals surface area contributed by atoms with Gasteiger partial charge in [0.1, 0.15) is 11.8 Å². The number of thioether (sulfide) groups is 1. The number of allylic oxidation sites excluding steroid dienone is 1. The maximum Gasteiger partial charge on any atom is 0.255 e. The quantitative estimate of drug-likeness (QED) is 0.354. The molecule has 5 rings (SSSR count). The fourth-order valence-corrected chi connectivity index (χ4v) is 4.59. The molecule has 4 aromatic rings. The Morgan fingerprint density at radius 3 is 2.65 bits per heavy atom. The second-order valence-electron chi connectivity index (χ2n) is 7.79. The number of pyridine rings is 1. The molecule has 1 aliphatic heterocycles. The normalized spacial score (nSPS) is 14.9. The maximum absolute atomic E-state index is 13.4. The first-order chi connectivity index (χ1) is 16.6. The van der Waals surface area contributed by atoms with E-state index in [2.05, 4.69) is 32.7 Å². The summed E-state index contributed by atoms with van der Waals surface area (Å²) >= 11 is 1.53. The number of aromatic nitrogens is 4. The van der Waals surface area contributed by atoms with E-state index in [1.807, 2.05) is 25.1 Å². The highest BCUT2D eigenvalue weighted by Gasteiger charge is 2.34. The molecule has 170 valence electrons. The zero-order valence-electron chi connectivity index (χ0n) is 18.3. The largest absolute Gasteiger partial charge is 0.508 e. The molecular formula is C25H22N6O2S. The number of nitrogens with zero attached hydrogens (tertiary/aromatic N) is 4. The number of hydrogen-bond donors (Lipinski definition) is 3. The van der Waals surface area contributed by atoms with E-state index in [1.165, 1.54) is 17.3 Å². The molecule has 0 radical (unpaired) electrons. The van der Waals surface area contributed by atoms with Gasteiger partial charge in [-0.15, -0.1) is 5.10 Å². The number of benzene rings is 2.